The fourth-order valence-electron chi connectivity index (χ4n) is 3.79. The summed E-state index contributed by atoms with van der Waals surface area (Å²) in [5, 5.41) is 8.28. The van der Waals surface area contributed by atoms with Crippen LogP contribution in [0.15, 0.2) is 72.1 Å². The van der Waals surface area contributed by atoms with Crippen molar-refractivity contribution in [3.8, 4) is 10.6 Å². The molecule has 2 amide bonds. The fraction of sp³-hybridized carbons (Fsp3) is 0.192. The number of hydrogen-bond donors (Lipinski definition) is 4. The molecular formula is C26H25ClN4O5S3. The number of nitrogens with zero attached hydrogens (tertiary/aromatic N) is 1. The van der Waals surface area contributed by atoms with Crippen LogP contribution in [0.3, 0.4) is 0 Å². The average molecular weight is 605 g/mol. The summed E-state index contributed by atoms with van der Waals surface area (Å²) in [5.41, 5.74) is 2.98. The molecule has 2 heterocycles. The first-order chi connectivity index (χ1) is 18.8. The molecule has 39 heavy (non-hydrogen) atoms. The number of ether oxygens (including phenoxy) is 1. The number of methoxy groups -OCH3 is 1. The van der Waals surface area contributed by atoms with E-state index in [-0.39, 0.29) is 12.3 Å². The van der Waals surface area contributed by atoms with Crippen LogP contribution >= 0.6 is 34.3 Å². The topological polar surface area (TPSA) is 130 Å². The minimum absolute atomic E-state index is 0.268. The van der Waals surface area contributed by atoms with E-state index < -0.39 is 29.4 Å². The van der Waals surface area contributed by atoms with Gasteiger partial charge in [0.25, 0.3) is 11.3 Å². The van der Waals surface area contributed by atoms with E-state index in [2.05, 4.69) is 15.4 Å². The molecule has 0 aliphatic rings. The van der Waals surface area contributed by atoms with Crippen molar-refractivity contribution in [2.45, 2.75) is 24.9 Å². The summed E-state index contributed by atoms with van der Waals surface area (Å²) in [6.07, 6.45) is -0.0507. The van der Waals surface area contributed by atoms with Crippen LogP contribution in [0.25, 0.3) is 10.6 Å². The Morgan fingerprint density at radius 1 is 1.03 bits per heavy atom. The Morgan fingerprint density at radius 2 is 1.74 bits per heavy atom. The molecule has 0 radical (unpaired) electrons. The van der Waals surface area contributed by atoms with Crippen LogP contribution < -0.4 is 15.4 Å². The van der Waals surface area contributed by atoms with E-state index in [4.69, 9.17) is 25.9 Å². The molecule has 204 valence electrons. The highest BCUT2D eigenvalue weighted by atomic mass is 35.5. The molecule has 0 saturated carbocycles. The maximum atomic E-state index is 13.5. The fourth-order valence-corrected chi connectivity index (χ4v) is 6.08. The highest BCUT2D eigenvalue weighted by Gasteiger charge is 2.27. The number of alkyl carbamates (subject to hydrolysis) is 1. The summed E-state index contributed by atoms with van der Waals surface area (Å²) < 4.78 is 27.9. The average Bonchev–Trinajstić information content (AvgIpc) is 3.58. The molecule has 4 N–H and O–H groups in total. The second kappa shape index (κ2) is 13.7. The third-order valence-electron chi connectivity index (χ3n) is 5.64. The molecular weight excluding hydrogens is 580 g/mol. The number of rotatable bonds is 11. The van der Waals surface area contributed by atoms with E-state index >= 15 is 0 Å². The van der Waals surface area contributed by atoms with E-state index in [1.54, 1.807) is 24.3 Å². The van der Waals surface area contributed by atoms with Crippen molar-refractivity contribution < 1.29 is 23.1 Å². The van der Waals surface area contributed by atoms with Crippen LogP contribution in [0.4, 0.5) is 10.5 Å². The molecule has 0 aliphatic carbocycles. The predicted octanol–water partition coefficient (Wildman–Crippen LogP) is 5.44. The summed E-state index contributed by atoms with van der Waals surface area (Å²) >= 11 is 6.75. The maximum Gasteiger partial charge on any atom is 0.407 e. The normalized spacial score (nSPS) is 13.2. The van der Waals surface area contributed by atoms with Gasteiger partial charge in [-0.2, -0.15) is 0 Å². The number of carbonyl (C=O) groups is 2. The van der Waals surface area contributed by atoms with Gasteiger partial charge in [0, 0.05) is 17.5 Å². The SMILES string of the molecule is COC(=O)N[C@@H](Cc1ccccc1)C(=O)N[C@@H](Cc1ccc(NS(=O)O)cc1)c1nc(-c2ccc(Cl)s2)cs1. The minimum Gasteiger partial charge on any atom is -0.453 e. The van der Waals surface area contributed by atoms with Crippen molar-refractivity contribution in [2.75, 3.05) is 11.8 Å². The summed E-state index contributed by atoms with van der Waals surface area (Å²) in [5.74, 6) is -0.390. The lowest BCUT2D eigenvalue weighted by molar-refractivity contribution is -0.123. The lowest BCUT2D eigenvalue weighted by Crippen LogP contribution is -2.49. The van der Waals surface area contributed by atoms with Crippen molar-refractivity contribution in [1.82, 2.24) is 15.6 Å². The third kappa shape index (κ3) is 8.35. The van der Waals surface area contributed by atoms with E-state index in [0.717, 1.165) is 21.7 Å². The number of thiophene rings is 1. The number of anilines is 1. The Bertz CT molecular complexity index is 1430. The van der Waals surface area contributed by atoms with Gasteiger partial charge in [0.2, 0.25) is 5.91 Å². The Balaban J connectivity index is 1.59. The van der Waals surface area contributed by atoms with Gasteiger partial charge >= 0.3 is 6.09 Å². The standard InChI is InChI=1S/C26H25ClN4O5S3/c1-36-26(33)30-19(13-16-5-3-2-4-6-16)24(32)28-20(14-17-7-9-18(10-8-17)31-39(34)35)25-29-21(15-37-25)22-11-12-23(27)38-22/h2-12,15,19-20,31H,13-14H2,1H3,(H,28,32)(H,30,33)(H,34,35)/t19-,20-/m0/s1. The Labute approximate surface area is 241 Å². The van der Waals surface area contributed by atoms with Gasteiger partial charge in [-0.25, -0.2) is 14.0 Å². The lowest BCUT2D eigenvalue weighted by Gasteiger charge is -2.22. The van der Waals surface area contributed by atoms with Crippen molar-refractivity contribution in [3.63, 3.8) is 0 Å². The largest absolute Gasteiger partial charge is 0.453 e. The van der Waals surface area contributed by atoms with Crippen molar-refractivity contribution >= 4 is 63.2 Å². The first-order valence-electron chi connectivity index (χ1n) is 11.7. The summed E-state index contributed by atoms with van der Waals surface area (Å²) in [6, 6.07) is 18.6. The van der Waals surface area contributed by atoms with Crippen molar-refractivity contribution in [2.24, 2.45) is 0 Å². The molecule has 0 bridgehead atoms. The molecule has 9 nitrogen and oxygen atoms in total. The molecule has 13 heteroatoms. The quantitative estimate of drug-likeness (QED) is 0.169. The Hall–Kier alpha value is -3.29. The molecule has 2 aromatic heterocycles. The predicted molar refractivity (Wildman–Crippen MR) is 155 cm³/mol. The smallest absolute Gasteiger partial charge is 0.407 e. The van der Waals surface area contributed by atoms with Gasteiger partial charge in [0.1, 0.15) is 11.0 Å². The second-order valence-corrected chi connectivity index (χ2v) is 11.7. The number of nitrogens with one attached hydrogen (secondary N) is 3. The Morgan fingerprint density at radius 3 is 2.38 bits per heavy atom. The lowest BCUT2D eigenvalue weighted by atomic mass is 10.0. The summed E-state index contributed by atoms with van der Waals surface area (Å²) in [4.78, 5) is 31.3. The monoisotopic (exact) mass is 604 g/mol. The number of hydrogen-bond acceptors (Lipinski definition) is 7. The van der Waals surface area contributed by atoms with Gasteiger partial charge in [-0.1, -0.05) is 54.1 Å². The third-order valence-corrected chi connectivity index (χ3v) is 8.26. The molecule has 4 aromatic rings. The second-order valence-electron chi connectivity index (χ2n) is 8.37. The molecule has 4 rings (SSSR count). The van der Waals surface area contributed by atoms with Gasteiger partial charge in [-0.3, -0.25) is 14.1 Å². The van der Waals surface area contributed by atoms with Crippen molar-refractivity contribution in [3.05, 3.63) is 92.6 Å². The van der Waals surface area contributed by atoms with E-state index in [1.807, 2.05) is 47.8 Å². The van der Waals surface area contributed by atoms with Crippen LogP contribution in [0.2, 0.25) is 4.34 Å². The zero-order chi connectivity index (χ0) is 27.8. The molecule has 2 aromatic carbocycles. The molecule has 0 aliphatic heterocycles. The Kier molecular flexibility index (Phi) is 10.1. The maximum absolute atomic E-state index is 13.5. The van der Waals surface area contributed by atoms with Crippen LogP contribution in [-0.4, -0.2) is 38.9 Å². The van der Waals surface area contributed by atoms with Crippen LogP contribution in [0.1, 0.15) is 22.2 Å². The molecule has 0 spiro atoms. The van der Waals surface area contributed by atoms with Crippen LogP contribution in [0.5, 0.6) is 0 Å². The zero-order valence-electron chi connectivity index (χ0n) is 20.6. The molecule has 0 saturated heterocycles. The number of halogens is 1. The summed E-state index contributed by atoms with van der Waals surface area (Å²) in [6.45, 7) is 0. The first kappa shape index (κ1) is 28.7. The van der Waals surface area contributed by atoms with Crippen LogP contribution in [0, 0.1) is 0 Å². The highest BCUT2D eigenvalue weighted by molar-refractivity contribution is 7.80. The van der Waals surface area contributed by atoms with Gasteiger partial charge in [0.05, 0.1) is 28.1 Å². The minimum atomic E-state index is -2.18. The van der Waals surface area contributed by atoms with Gasteiger partial charge < -0.3 is 15.4 Å². The van der Waals surface area contributed by atoms with Gasteiger partial charge in [-0.05, 0) is 41.8 Å². The van der Waals surface area contributed by atoms with Gasteiger partial charge in [-0.15, -0.1) is 22.7 Å². The van der Waals surface area contributed by atoms with Gasteiger partial charge in [0.15, 0.2) is 0 Å². The van der Waals surface area contributed by atoms with Crippen LogP contribution in [-0.2, 0) is 33.6 Å². The number of thiazole rings is 1. The number of amides is 2. The van der Waals surface area contributed by atoms with E-state index in [9.17, 15) is 13.8 Å². The first-order valence-corrected chi connectivity index (χ1v) is 14.8. The van der Waals surface area contributed by atoms with E-state index in [1.165, 1.54) is 29.8 Å². The molecule has 3 atom stereocenters. The van der Waals surface area contributed by atoms with E-state index in [0.29, 0.717) is 21.5 Å². The highest BCUT2D eigenvalue weighted by Crippen LogP contribution is 2.33. The number of carbonyl (C=O) groups excluding carboxylic acids is 2. The van der Waals surface area contributed by atoms with Crippen molar-refractivity contribution in [1.29, 1.82) is 0 Å². The number of benzene rings is 2. The zero-order valence-corrected chi connectivity index (χ0v) is 23.8. The molecule has 1 unspecified atom stereocenters. The molecule has 0 fully saturated rings. The summed E-state index contributed by atoms with van der Waals surface area (Å²) in [7, 11) is 1.24. The number of aromatic nitrogens is 1.